The second kappa shape index (κ2) is 11.7. The maximum atomic E-state index is 14.8. The Labute approximate surface area is 243 Å². The van der Waals surface area contributed by atoms with Crippen LogP contribution in [0.5, 0.6) is 0 Å². The highest BCUT2D eigenvalue weighted by atomic mass is 32.2. The molecule has 0 radical (unpaired) electrons. The molecule has 218 valence electrons. The maximum Gasteiger partial charge on any atom is 0.311 e. The number of aliphatic hydroxyl groups excluding tert-OH is 1. The number of hydrogen-bond donors (Lipinski definition) is 1. The number of carbonyl (C=O) groups excluding carboxylic acids is 3. The number of benzene rings is 1. The number of aryl methyl sites for hydroxylation is 2. The van der Waals surface area contributed by atoms with E-state index in [9.17, 15) is 19.5 Å². The molecule has 7 nitrogen and oxygen atoms in total. The van der Waals surface area contributed by atoms with Gasteiger partial charge in [0.25, 0.3) is 5.91 Å². The summed E-state index contributed by atoms with van der Waals surface area (Å²) < 4.78 is 4.36. The van der Waals surface area contributed by atoms with Gasteiger partial charge in [0.1, 0.15) is 6.04 Å². The number of hydrogen-bond acceptors (Lipinski definition) is 6. The number of likely N-dealkylation sites (tertiary alicyclic amines) is 1. The summed E-state index contributed by atoms with van der Waals surface area (Å²) in [6, 6.07) is 4.64. The normalized spacial score (nSPS) is 29.4. The number of esters is 1. The first kappa shape index (κ1) is 30.4. The number of fused-ring (bicyclic) bond motifs is 1. The molecule has 1 aromatic carbocycles. The molecule has 3 fully saturated rings. The van der Waals surface area contributed by atoms with Crippen molar-refractivity contribution in [3.8, 4) is 0 Å². The molecule has 3 saturated heterocycles. The fraction of sp³-hybridized carbons (Fsp3) is 0.594. The van der Waals surface area contributed by atoms with Crippen LogP contribution in [0.2, 0.25) is 0 Å². The summed E-state index contributed by atoms with van der Waals surface area (Å²) in [4.78, 5) is 46.2. The summed E-state index contributed by atoms with van der Waals surface area (Å²) in [5.74, 6) is -1.94. The van der Waals surface area contributed by atoms with Gasteiger partial charge in [0, 0.05) is 17.0 Å². The van der Waals surface area contributed by atoms with Crippen molar-refractivity contribution < 1.29 is 24.2 Å². The number of anilines is 1. The Hall–Kier alpha value is -2.58. The third-order valence-corrected chi connectivity index (χ3v) is 10.8. The van der Waals surface area contributed by atoms with Gasteiger partial charge >= 0.3 is 5.97 Å². The average Bonchev–Trinajstić information content (AvgIpc) is 3.47. The lowest BCUT2D eigenvalue weighted by Crippen LogP contribution is -2.58. The van der Waals surface area contributed by atoms with Gasteiger partial charge in [-0.15, -0.1) is 24.9 Å². The van der Waals surface area contributed by atoms with E-state index in [-0.39, 0.29) is 43.5 Å². The van der Waals surface area contributed by atoms with Gasteiger partial charge in [0.05, 0.1) is 35.8 Å². The molecule has 0 aromatic heterocycles. The summed E-state index contributed by atoms with van der Waals surface area (Å²) in [6.07, 6.45) is 5.83. The molecular weight excluding hydrogens is 524 g/mol. The highest BCUT2D eigenvalue weighted by molar-refractivity contribution is 8.02. The standard InChI is InChI=1S/C32H44N2O5S/c1-8-10-16-39-30(38)26-25-28(36)34(23(19-35)17-20(3)4)27(32(25)14-13-31(26,7)40-32)29(37)33(15-9-2)24-18-21(5)11-12-22(24)6/h8-9,11-12,18,20,23,25-27,35H,1-2,10,13-17,19H2,3-7H3/t23-,25+,26-,27?,31+,32?/m1/s1. The molecule has 2 bridgehead atoms. The Morgan fingerprint density at radius 1 is 1.25 bits per heavy atom. The minimum atomic E-state index is -0.821. The summed E-state index contributed by atoms with van der Waals surface area (Å²) in [6.45, 7) is 17.9. The molecule has 4 rings (SSSR count). The molecule has 1 N–H and O–H groups in total. The zero-order valence-corrected chi connectivity index (χ0v) is 25.3. The third kappa shape index (κ3) is 5.02. The molecule has 8 heteroatoms. The molecule has 40 heavy (non-hydrogen) atoms. The second-order valence-corrected chi connectivity index (χ2v) is 14.1. The van der Waals surface area contributed by atoms with Crippen molar-refractivity contribution in [3.63, 3.8) is 0 Å². The predicted molar refractivity (Wildman–Crippen MR) is 160 cm³/mol. The van der Waals surface area contributed by atoms with Crippen molar-refractivity contribution >= 4 is 35.2 Å². The first-order valence-electron chi connectivity index (χ1n) is 14.4. The van der Waals surface area contributed by atoms with E-state index in [2.05, 4.69) is 13.2 Å². The third-order valence-electron chi connectivity index (χ3n) is 8.85. The Balaban J connectivity index is 1.84. The van der Waals surface area contributed by atoms with Crippen LogP contribution in [0.15, 0.2) is 43.5 Å². The average molecular weight is 569 g/mol. The summed E-state index contributed by atoms with van der Waals surface area (Å²) >= 11 is 1.62. The van der Waals surface area contributed by atoms with E-state index in [1.54, 1.807) is 33.7 Å². The van der Waals surface area contributed by atoms with Crippen LogP contribution in [-0.2, 0) is 19.1 Å². The molecule has 2 unspecified atom stereocenters. The smallest absolute Gasteiger partial charge is 0.311 e. The molecule has 1 spiro atoms. The highest BCUT2D eigenvalue weighted by Gasteiger charge is 2.78. The van der Waals surface area contributed by atoms with Gasteiger partial charge in [-0.25, -0.2) is 0 Å². The first-order chi connectivity index (χ1) is 19.0. The lowest BCUT2D eigenvalue weighted by molar-refractivity contribution is -0.156. The van der Waals surface area contributed by atoms with Crippen molar-refractivity contribution in [1.29, 1.82) is 0 Å². The van der Waals surface area contributed by atoms with Crippen LogP contribution < -0.4 is 4.90 Å². The minimum Gasteiger partial charge on any atom is -0.465 e. The Bertz CT molecular complexity index is 1180. The first-order valence-corrected chi connectivity index (χ1v) is 15.2. The van der Waals surface area contributed by atoms with Crippen molar-refractivity contribution in [2.24, 2.45) is 17.8 Å². The van der Waals surface area contributed by atoms with Gasteiger partial charge in [-0.2, -0.15) is 0 Å². The van der Waals surface area contributed by atoms with Crippen LogP contribution >= 0.6 is 11.8 Å². The number of ether oxygens (including phenoxy) is 1. The Morgan fingerprint density at radius 2 is 1.98 bits per heavy atom. The molecule has 1 aromatic rings. The summed E-state index contributed by atoms with van der Waals surface area (Å²) in [5.41, 5.74) is 2.76. The topological polar surface area (TPSA) is 87.1 Å². The molecular formula is C32H44N2O5S. The van der Waals surface area contributed by atoms with E-state index >= 15 is 0 Å². The van der Waals surface area contributed by atoms with E-state index in [4.69, 9.17) is 4.74 Å². The largest absolute Gasteiger partial charge is 0.465 e. The number of rotatable bonds is 12. The SMILES string of the molecule is C=CCCOC(=O)[C@H]1[C@H]2C(=O)N([C@@H](CO)CC(C)C)C(C(=O)N(CC=C)c3cc(C)ccc3C)C23CC[C@]1(C)S3. The van der Waals surface area contributed by atoms with Crippen molar-refractivity contribution in [1.82, 2.24) is 4.90 Å². The number of aliphatic hydroxyl groups is 1. The van der Waals surface area contributed by atoms with Gasteiger partial charge in [-0.05, 0) is 69.6 Å². The monoisotopic (exact) mass is 568 g/mol. The van der Waals surface area contributed by atoms with E-state index < -0.39 is 33.4 Å². The fourth-order valence-electron chi connectivity index (χ4n) is 7.14. The molecule has 0 aliphatic carbocycles. The number of amides is 2. The maximum absolute atomic E-state index is 14.8. The van der Waals surface area contributed by atoms with Gasteiger partial charge in [-0.1, -0.05) is 38.1 Å². The molecule has 3 heterocycles. The van der Waals surface area contributed by atoms with Gasteiger partial charge in [0.15, 0.2) is 0 Å². The zero-order chi connectivity index (χ0) is 29.4. The van der Waals surface area contributed by atoms with Crippen molar-refractivity contribution in [2.45, 2.75) is 81.9 Å². The van der Waals surface area contributed by atoms with E-state index in [1.807, 2.05) is 52.8 Å². The van der Waals surface area contributed by atoms with Gasteiger partial charge in [-0.3, -0.25) is 14.4 Å². The Kier molecular flexibility index (Phi) is 8.91. The molecule has 6 atom stereocenters. The Morgan fingerprint density at radius 3 is 2.60 bits per heavy atom. The van der Waals surface area contributed by atoms with E-state index in [0.717, 1.165) is 16.8 Å². The zero-order valence-electron chi connectivity index (χ0n) is 24.5. The minimum absolute atomic E-state index is 0.191. The van der Waals surface area contributed by atoms with Crippen LogP contribution in [0.3, 0.4) is 0 Å². The fourth-order valence-corrected chi connectivity index (χ4v) is 9.47. The van der Waals surface area contributed by atoms with Crippen LogP contribution in [-0.4, -0.2) is 69.1 Å². The quantitative estimate of drug-likeness (QED) is 0.221. The molecule has 3 aliphatic heterocycles. The van der Waals surface area contributed by atoms with Crippen molar-refractivity contribution in [3.05, 3.63) is 54.6 Å². The van der Waals surface area contributed by atoms with E-state index in [0.29, 0.717) is 25.7 Å². The van der Waals surface area contributed by atoms with Gasteiger partial charge < -0.3 is 19.6 Å². The lowest BCUT2D eigenvalue weighted by atomic mass is 9.66. The van der Waals surface area contributed by atoms with Crippen LogP contribution in [0, 0.1) is 31.6 Å². The summed E-state index contributed by atoms with van der Waals surface area (Å²) in [5, 5.41) is 10.5. The van der Waals surface area contributed by atoms with Crippen LogP contribution in [0.4, 0.5) is 5.69 Å². The molecule has 3 aliphatic rings. The number of thioether (sulfide) groups is 1. The second-order valence-electron chi connectivity index (χ2n) is 12.2. The van der Waals surface area contributed by atoms with Crippen LogP contribution in [0.25, 0.3) is 0 Å². The van der Waals surface area contributed by atoms with Crippen LogP contribution in [0.1, 0.15) is 57.6 Å². The van der Waals surface area contributed by atoms with E-state index in [1.165, 1.54) is 0 Å². The lowest BCUT2D eigenvalue weighted by Gasteiger charge is -2.40. The molecule has 2 amide bonds. The van der Waals surface area contributed by atoms with Crippen molar-refractivity contribution in [2.75, 3.05) is 24.7 Å². The number of carbonyl (C=O) groups is 3. The highest BCUT2D eigenvalue weighted by Crippen LogP contribution is 2.72. The number of nitrogens with zero attached hydrogens (tertiary/aromatic N) is 2. The summed E-state index contributed by atoms with van der Waals surface area (Å²) in [7, 11) is 0. The predicted octanol–water partition coefficient (Wildman–Crippen LogP) is 4.83. The molecule has 0 saturated carbocycles. The van der Waals surface area contributed by atoms with Gasteiger partial charge in [0.2, 0.25) is 5.91 Å².